The van der Waals surface area contributed by atoms with E-state index in [4.69, 9.17) is 10.5 Å². The molecule has 10 heteroatoms. The average Bonchev–Trinajstić information content (AvgIpc) is 2.50. The summed E-state index contributed by atoms with van der Waals surface area (Å²) in [6.45, 7) is 0.207. The maximum atomic E-state index is 12.1. The molecule has 0 amide bonds. The summed E-state index contributed by atoms with van der Waals surface area (Å²) >= 11 is 0. The third-order valence-corrected chi connectivity index (χ3v) is 2.74. The number of aliphatic hydroxyl groups excluding tert-OH is 1. The lowest BCUT2D eigenvalue weighted by molar-refractivity contribution is -0.274. The summed E-state index contributed by atoms with van der Waals surface area (Å²) in [5.41, 5.74) is 0.806. The van der Waals surface area contributed by atoms with Crippen LogP contribution in [-0.4, -0.2) is 42.6 Å². The van der Waals surface area contributed by atoms with E-state index in [-0.39, 0.29) is 24.7 Å². The molecule has 0 bridgehead atoms. The average molecular weight is 341 g/mol. The minimum absolute atomic E-state index is 0.0463. The van der Waals surface area contributed by atoms with Gasteiger partial charge in [0.2, 0.25) is 0 Å². The zero-order valence-corrected chi connectivity index (χ0v) is 12.3. The van der Waals surface area contributed by atoms with Gasteiger partial charge in [0.05, 0.1) is 12.2 Å². The maximum Gasteiger partial charge on any atom is 0.573 e. The molecule has 2 rings (SSSR count). The molecule has 1 heterocycles. The van der Waals surface area contributed by atoms with Gasteiger partial charge in [-0.25, -0.2) is 9.98 Å². The Balaban J connectivity index is 2.10. The van der Waals surface area contributed by atoms with Crippen molar-refractivity contribution in [3.8, 4) is 5.75 Å². The van der Waals surface area contributed by atoms with E-state index in [0.29, 0.717) is 17.1 Å². The van der Waals surface area contributed by atoms with Gasteiger partial charge in [-0.3, -0.25) is 5.41 Å². The first-order valence-electron chi connectivity index (χ1n) is 6.76. The van der Waals surface area contributed by atoms with E-state index in [1.54, 1.807) is 0 Å². The van der Waals surface area contributed by atoms with Gasteiger partial charge < -0.3 is 20.5 Å². The van der Waals surface area contributed by atoms with Crippen molar-refractivity contribution in [3.63, 3.8) is 0 Å². The summed E-state index contributed by atoms with van der Waals surface area (Å²) in [5.74, 6) is -0.0896. The number of rotatable bonds is 5. The van der Waals surface area contributed by atoms with Crippen molar-refractivity contribution < 1.29 is 23.0 Å². The zero-order chi connectivity index (χ0) is 17.6. The fourth-order valence-electron chi connectivity index (χ4n) is 1.75. The SMILES string of the molecule is N=C1N=CN=C(Nc2ccc(OC(F)(F)F)cc2)/C1=C/NCCO. The lowest BCUT2D eigenvalue weighted by Crippen LogP contribution is -2.25. The van der Waals surface area contributed by atoms with Crippen LogP contribution >= 0.6 is 0 Å². The van der Waals surface area contributed by atoms with Gasteiger partial charge in [0.25, 0.3) is 0 Å². The summed E-state index contributed by atoms with van der Waals surface area (Å²) in [7, 11) is 0. The van der Waals surface area contributed by atoms with E-state index < -0.39 is 6.36 Å². The molecule has 0 aromatic heterocycles. The molecule has 1 aliphatic rings. The van der Waals surface area contributed by atoms with E-state index in [9.17, 15) is 13.2 Å². The Morgan fingerprint density at radius 2 is 1.96 bits per heavy atom. The van der Waals surface area contributed by atoms with Crippen LogP contribution in [0.4, 0.5) is 18.9 Å². The Hall–Kier alpha value is -2.88. The van der Waals surface area contributed by atoms with E-state index in [2.05, 4.69) is 25.4 Å². The second-order valence-electron chi connectivity index (χ2n) is 4.50. The van der Waals surface area contributed by atoms with E-state index in [1.165, 1.54) is 24.7 Å². The Kier molecular flexibility index (Phi) is 5.53. The summed E-state index contributed by atoms with van der Waals surface area (Å²) < 4.78 is 40.2. The number of ether oxygens (including phenoxy) is 1. The molecule has 1 aliphatic heterocycles. The first-order chi connectivity index (χ1) is 11.4. The zero-order valence-electron chi connectivity index (χ0n) is 12.3. The highest BCUT2D eigenvalue weighted by Gasteiger charge is 2.31. The van der Waals surface area contributed by atoms with Gasteiger partial charge in [0, 0.05) is 18.4 Å². The molecular weight excluding hydrogens is 327 g/mol. The van der Waals surface area contributed by atoms with Gasteiger partial charge in [-0.1, -0.05) is 0 Å². The van der Waals surface area contributed by atoms with E-state index in [1.807, 2.05) is 0 Å². The van der Waals surface area contributed by atoms with Gasteiger partial charge in [-0.2, -0.15) is 0 Å². The van der Waals surface area contributed by atoms with Crippen molar-refractivity contribution in [2.45, 2.75) is 6.36 Å². The van der Waals surface area contributed by atoms with Crippen LogP contribution < -0.4 is 15.4 Å². The van der Waals surface area contributed by atoms with Crippen LogP contribution in [0.1, 0.15) is 0 Å². The third kappa shape index (κ3) is 5.09. The number of amidine groups is 2. The highest BCUT2D eigenvalue weighted by atomic mass is 19.4. The molecule has 0 fully saturated rings. The van der Waals surface area contributed by atoms with Crippen LogP contribution in [0, 0.1) is 5.41 Å². The molecule has 0 saturated heterocycles. The standard InChI is InChI=1S/C14H14F3N5O2/c15-14(16,17)24-10-3-1-9(2-4-10)22-13-11(7-19-5-6-23)12(18)20-8-21-13/h1-4,7-8,19,23H,5-6H2,(H2,18,20,21,22)/b11-7+. The van der Waals surface area contributed by atoms with Crippen LogP contribution in [0.5, 0.6) is 5.75 Å². The van der Waals surface area contributed by atoms with Crippen molar-refractivity contribution in [1.82, 2.24) is 5.32 Å². The molecule has 0 saturated carbocycles. The number of hydrogen-bond donors (Lipinski definition) is 4. The Bertz CT molecular complexity index is 681. The second-order valence-corrected chi connectivity index (χ2v) is 4.50. The number of anilines is 1. The number of halogens is 3. The van der Waals surface area contributed by atoms with E-state index in [0.717, 1.165) is 12.1 Å². The van der Waals surface area contributed by atoms with Crippen LogP contribution in [0.15, 0.2) is 46.0 Å². The molecule has 7 nitrogen and oxygen atoms in total. The topological polar surface area (TPSA) is 102 Å². The van der Waals surface area contributed by atoms with Crippen molar-refractivity contribution in [2.24, 2.45) is 9.98 Å². The van der Waals surface area contributed by atoms with E-state index >= 15 is 0 Å². The molecule has 0 aliphatic carbocycles. The van der Waals surface area contributed by atoms with Gasteiger partial charge in [0.1, 0.15) is 17.9 Å². The number of nitrogens with zero attached hydrogens (tertiary/aromatic N) is 2. The molecule has 0 radical (unpaired) electrons. The Morgan fingerprint density at radius 1 is 1.25 bits per heavy atom. The first-order valence-corrected chi connectivity index (χ1v) is 6.76. The number of hydrogen-bond acceptors (Lipinski definition) is 6. The summed E-state index contributed by atoms with van der Waals surface area (Å²) in [6, 6.07) is 5.09. The molecule has 128 valence electrons. The smallest absolute Gasteiger partial charge is 0.406 e. The summed E-state index contributed by atoms with van der Waals surface area (Å²) in [5, 5.41) is 22.2. The van der Waals surface area contributed by atoms with Gasteiger partial charge in [-0.05, 0) is 24.3 Å². The van der Waals surface area contributed by atoms with Crippen LogP contribution in [-0.2, 0) is 0 Å². The largest absolute Gasteiger partial charge is 0.573 e. The minimum Gasteiger partial charge on any atom is -0.406 e. The highest BCUT2D eigenvalue weighted by Crippen LogP contribution is 2.24. The number of aliphatic hydroxyl groups is 1. The van der Waals surface area contributed by atoms with Crippen LogP contribution in [0.3, 0.4) is 0 Å². The number of aliphatic imine (C=N–C) groups is 2. The van der Waals surface area contributed by atoms with Gasteiger partial charge >= 0.3 is 6.36 Å². The van der Waals surface area contributed by atoms with Crippen LogP contribution in [0.25, 0.3) is 0 Å². The predicted molar refractivity (Wildman–Crippen MR) is 83.6 cm³/mol. The second kappa shape index (κ2) is 7.59. The van der Waals surface area contributed by atoms with Gasteiger partial charge in [0.15, 0.2) is 5.84 Å². The highest BCUT2D eigenvalue weighted by molar-refractivity contribution is 6.30. The van der Waals surface area contributed by atoms with Crippen LogP contribution in [0.2, 0.25) is 0 Å². The number of alkyl halides is 3. The molecule has 0 atom stereocenters. The minimum atomic E-state index is -4.75. The van der Waals surface area contributed by atoms with Crippen molar-refractivity contribution in [2.75, 3.05) is 18.5 Å². The molecule has 1 aromatic rings. The predicted octanol–water partition coefficient (Wildman–Crippen LogP) is 1.88. The summed E-state index contributed by atoms with van der Waals surface area (Å²) in [6.07, 6.45) is -2.08. The summed E-state index contributed by atoms with van der Waals surface area (Å²) in [4.78, 5) is 7.76. The monoisotopic (exact) mass is 341 g/mol. The lowest BCUT2D eigenvalue weighted by Gasteiger charge is -2.15. The van der Waals surface area contributed by atoms with Crippen molar-refractivity contribution in [3.05, 3.63) is 36.0 Å². The normalized spacial score (nSPS) is 16.1. The molecule has 24 heavy (non-hydrogen) atoms. The Morgan fingerprint density at radius 3 is 2.58 bits per heavy atom. The van der Waals surface area contributed by atoms with Crippen molar-refractivity contribution in [1.29, 1.82) is 5.41 Å². The first kappa shape index (κ1) is 17.5. The Labute approximate surface area is 135 Å². The van der Waals surface area contributed by atoms with Gasteiger partial charge in [-0.15, -0.1) is 13.2 Å². The lowest BCUT2D eigenvalue weighted by atomic mass is 10.2. The number of nitrogens with one attached hydrogen (secondary N) is 3. The molecule has 1 aromatic carbocycles. The molecule has 0 spiro atoms. The quantitative estimate of drug-likeness (QED) is 0.614. The third-order valence-electron chi connectivity index (χ3n) is 2.74. The van der Waals surface area contributed by atoms with Crippen molar-refractivity contribution >= 4 is 23.7 Å². The number of benzene rings is 1. The maximum absolute atomic E-state index is 12.1. The molecule has 4 N–H and O–H groups in total. The molecular formula is C14H14F3N5O2. The fourth-order valence-corrected chi connectivity index (χ4v) is 1.75. The fraction of sp³-hybridized carbons (Fsp3) is 0.214. The molecule has 0 unspecified atom stereocenters.